The van der Waals surface area contributed by atoms with Gasteiger partial charge >= 0.3 is 0 Å². The molecule has 0 aromatic carbocycles. The van der Waals surface area contributed by atoms with E-state index < -0.39 is 0 Å². The minimum atomic E-state index is 0.321. The largest absolute Gasteiger partial charge is 0.388 e. The maximum atomic E-state index is 5.56. The van der Waals surface area contributed by atoms with Gasteiger partial charge in [0.25, 0.3) is 0 Å². The molecule has 1 unspecified atom stereocenters. The van der Waals surface area contributed by atoms with Crippen LogP contribution in [0, 0.1) is 0 Å². The Morgan fingerprint density at radius 1 is 1.69 bits per heavy atom. The van der Waals surface area contributed by atoms with Crippen LogP contribution in [0.4, 0.5) is 5.69 Å². The summed E-state index contributed by atoms with van der Waals surface area (Å²) < 4.78 is 5.33. The van der Waals surface area contributed by atoms with Crippen molar-refractivity contribution in [1.29, 1.82) is 0 Å². The molecule has 86 valence electrons. The van der Waals surface area contributed by atoms with Gasteiger partial charge in [0.1, 0.15) is 4.99 Å². The van der Waals surface area contributed by atoms with E-state index in [1.807, 2.05) is 12.1 Å². The number of pyridine rings is 1. The number of rotatable bonds is 3. The molecule has 1 aromatic rings. The summed E-state index contributed by atoms with van der Waals surface area (Å²) in [5.41, 5.74) is 7.34. The van der Waals surface area contributed by atoms with E-state index in [0.29, 0.717) is 16.8 Å². The summed E-state index contributed by atoms with van der Waals surface area (Å²) in [5.74, 6) is 0. The molecule has 0 bridgehead atoms. The SMILES string of the molecule is COC1CCN(c2ccnc(C(N)=S)c2)C1. The number of thiocarbonyl (C=S) groups is 1. The van der Waals surface area contributed by atoms with Gasteiger partial charge in [-0.25, -0.2) is 0 Å². The molecule has 0 spiro atoms. The molecule has 16 heavy (non-hydrogen) atoms. The van der Waals surface area contributed by atoms with Crippen LogP contribution < -0.4 is 10.6 Å². The molecule has 1 aliphatic heterocycles. The zero-order valence-electron chi connectivity index (χ0n) is 9.22. The Morgan fingerprint density at radius 2 is 2.50 bits per heavy atom. The summed E-state index contributed by atoms with van der Waals surface area (Å²) in [7, 11) is 1.75. The third-order valence-corrected chi connectivity index (χ3v) is 3.05. The number of anilines is 1. The number of nitrogens with two attached hydrogens (primary N) is 1. The van der Waals surface area contributed by atoms with Gasteiger partial charge in [-0.3, -0.25) is 4.98 Å². The van der Waals surface area contributed by atoms with Crippen molar-refractivity contribution in [3.63, 3.8) is 0 Å². The van der Waals surface area contributed by atoms with Crippen LogP contribution in [0.15, 0.2) is 18.3 Å². The van der Waals surface area contributed by atoms with E-state index in [9.17, 15) is 0 Å². The normalized spacial score (nSPS) is 20.1. The summed E-state index contributed by atoms with van der Waals surface area (Å²) in [5, 5.41) is 0. The average molecular weight is 237 g/mol. The second-order valence-corrected chi connectivity index (χ2v) is 4.30. The van der Waals surface area contributed by atoms with Crippen LogP contribution in [0.25, 0.3) is 0 Å². The van der Waals surface area contributed by atoms with E-state index in [-0.39, 0.29) is 0 Å². The minimum Gasteiger partial charge on any atom is -0.388 e. The fraction of sp³-hybridized carbons (Fsp3) is 0.455. The molecule has 1 saturated heterocycles. The van der Waals surface area contributed by atoms with Gasteiger partial charge in [0.2, 0.25) is 0 Å². The Balaban J connectivity index is 2.15. The van der Waals surface area contributed by atoms with Gasteiger partial charge in [-0.15, -0.1) is 0 Å². The lowest BCUT2D eigenvalue weighted by Crippen LogP contribution is -2.23. The molecule has 2 N–H and O–H groups in total. The predicted molar refractivity (Wildman–Crippen MR) is 67.8 cm³/mol. The topological polar surface area (TPSA) is 51.4 Å². The van der Waals surface area contributed by atoms with Crippen molar-refractivity contribution in [2.75, 3.05) is 25.1 Å². The van der Waals surface area contributed by atoms with Gasteiger partial charge in [-0.1, -0.05) is 12.2 Å². The molecule has 1 aromatic heterocycles. The van der Waals surface area contributed by atoms with Crippen LogP contribution in [-0.2, 0) is 4.74 Å². The fourth-order valence-corrected chi connectivity index (χ4v) is 2.02. The maximum Gasteiger partial charge on any atom is 0.122 e. The Bertz CT molecular complexity index is 397. The Kier molecular flexibility index (Phi) is 3.36. The highest BCUT2D eigenvalue weighted by molar-refractivity contribution is 7.80. The first-order valence-corrected chi connectivity index (χ1v) is 5.65. The summed E-state index contributed by atoms with van der Waals surface area (Å²) >= 11 is 4.91. The van der Waals surface area contributed by atoms with E-state index in [2.05, 4.69) is 9.88 Å². The third kappa shape index (κ3) is 2.31. The fourth-order valence-electron chi connectivity index (χ4n) is 1.91. The summed E-state index contributed by atoms with van der Waals surface area (Å²) in [4.78, 5) is 6.72. The Hall–Kier alpha value is -1.20. The van der Waals surface area contributed by atoms with Gasteiger partial charge in [0.15, 0.2) is 0 Å². The number of nitrogens with zero attached hydrogens (tertiary/aromatic N) is 2. The average Bonchev–Trinajstić information content (AvgIpc) is 2.77. The predicted octanol–water partition coefficient (Wildman–Crippen LogP) is 0.941. The van der Waals surface area contributed by atoms with Crippen LogP contribution in [0.2, 0.25) is 0 Å². The molecule has 2 rings (SSSR count). The van der Waals surface area contributed by atoms with Crippen molar-refractivity contribution in [1.82, 2.24) is 4.98 Å². The Labute approximate surface area is 100 Å². The highest BCUT2D eigenvalue weighted by atomic mass is 32.1. The van der Waals surface area contributed by atoms with Gasteiger partial charge in [-0.05, 0) is 18.6 Å². The number of methoxy groups -OCH3 is 1. The number of aromatic nitrogens is 1. The van der Waals surface area contributed by atoms with Crippen molar-refractivity contribution in [3.05, 3.63) is 24.0 Å². The first-order chi connectivity index (χ1) is 7.70. The second-order valence-electron chi connectivity index (χ2n) is 3.86. The summed E-state index contributed by atoms with van der Waals surface area (Å²) in [6, 6.07) is 3.90. The molecule has 2 heterocycles. The first-order valence-electron chi connectivity index (χ1n) is 5.24. The van der Waals surface area contributed by atoms with Gasteiger partial charge in [-0.2, -0.15) is 0 Å². The lowest BCUT2D eigenvalue weighted by Gasteiger charge is -2.18. The molecule has 0 aliphatic carbocycles. The van der Waals surface area contributed by atoms with Crippen molar-refractivity contribution in [2.45, 2.75) is 12.5 Å². The second kappa shape index (κ2) is 4.76. The highest BCUT2D eigenvalue weighted by Crippen LogP contribution is 2.21. The van der Waals surface area contributed by atoms with Crippen molar-refractivity contribution in [3.8, 4) is 0 Å². The summed E-state index contributed by atoms with van der Waals surface area (Å²) in [6.45, 7) is 1.91. The van der Waals surface area contributed by atoms with Crippen LogP contribution in [0.3, 0.4) is 0 Å². The molecule has 1 fully saturated rings. The van der Waals surface area contributed by atoms with Crippen LogP contribution in [0.5, 0.6) is 0 Å². The number of ether oxygens (including phenoxy) is 1. The Morgan fingerprint density at radius 3 is 3.12 bits per heavy atom. The zero-order valence-corrected chi connectivity index (χ0v) is 10.0. The van der Waals surface area contributed by atoms with Gasteiger partial charge < -0.3 is 15.4 Å². The van der Waals surface area contributed by atoms with Crippen LogP contribution in [-0.4, -0.2) is 36.3 Å². The molecule has 1 aliphatic rings. The van der Waals surface area contributed by atoms with Crippen molar-refractivity contribution in [2.24, 2.45) is 5.73 Å². The summed E-state index contributed by atoms with van der Waals surface area (Å²) in [6.07, 6.45) is 3.12. The lowest BCUT2D eigenvalue weighted by molar-refractivity contribution is 0.121. The molecular weight excluding hydrogens is 222 g/mol. The van der Waals surface area contributed by atoms with E-state index in [0.717, 1.165) is 25.2 Å². The first kappa shape index (κ1) is 11.3. The lowest BCUT2D eigenvalue weighted by atomic mass is 10.3. The van der Waals surface area contributed by atoms with E-state index in [1.54, 1.807) is 13.3 Å². The number of hydrogen-bond acceptors (Lipinski definition) is 4. The molecule has 0 radical (unpaired) electrons. The van der Waals surface area contributed by atoms with E-state index in [4.69, 9.17) is 22.7 Å². The number of hydrogen-bond donors (Lipinski definition) is 1. The zero-order chi connectivity index (χ0) is 11.5. The molecule has 0 saturated carbocycles. The minimum absolute atomic E-state index is 0.321. The third-order valence-electron chi connectivity index (χ3n) is 2.84. The van der Waals surface area contributed by atoms with E-state index in [1.165, 1.54) is 0 Å². The standard InChI is InChI=1S/C11H15N3OS/c1-15-9-3-5-14(7-9)8-2-4-13-10(6-8)11(12)16/h2,4,6,9H,3,5,7H2,1H3,(H2,12,16). The van der Waals surface area contributed by atoms with Crippen LogP contribution in [0.1, 0.15) is 12.1 Å². The van der Waals surface area contributed by atoms with Crippen molar-refractivity contribution < 1.29 is 4.74 Å². The smallest absolute Gasteiger partial charge is 0.122 e. The molecule has 4 nitrogen and oxygen atoms in total. The maximum absolute atomic E-state index is 5.56. The van der Waals surface area contributed by atoms with Crippen LogP contribution >= 0.6 is 12.2 Å². The monoisotopic (exact) mass is 237 g/mol. The molecule has 0 amide bonds. The quantitative estimate of drug-likeness (QED) is 0.793. The molecule has 5 heteroatoms. The molecule has 1 atom stereocenters. The highest BCUT2D eigenvalue weighted by Gasteiger charge is 2.22. The van der Waals surface area contributed by atoms with Gasteiger partial charge in [0.05, 0.1) is 11.8 Å². The molecular formula is C11H15N3OS. The van der Waals surface area contributed by atoms with E-state index >= 15 is 0 Å². The van der Waals surface area contributed by atoms with Crippen molar-refractivity contribution >= 4 is 22.9 Å². The van der Waals surface area contributed by atoms with Gasteiger partial charge in [0, 0.05) is 32.1 Å².